The van der Waals surface area contributed by atoms with E-state index in [1.54, 1.807) is 19.2 Å². The van der Waals surface area contributed by atoms with Gasteiger partial charge in [0.25, 0.3) is 5.69 Å². The minimum Gasteiger partial charge on any atom is -0.494 e. The molecule has 1 amide bonds. The number of carbonyl (C=O) groups is 1. The van der Waals surface area contributed by atoms with Gasteiger partial charge in [-0.05, 0) is 61.6 Å². The van der Waals surface area contributed by atoms with Gasteiger partial charge in [-0.2, -0.15) is 0 Å². The van der Waals surface area contributed by atoms with Crippen LogP contribution in [0.2, 0.25) is 0 Å². The number of non-ortho nitro benzene ring substituents is 1. The van der Waals surface area contributed by atoms with E-state index < -0.39 is 0 Å². The Bertz CT molecular complexity index is 1640. The van der Waals surface area contributed by atoms with Gasteiger partial charge in [0.05, 0.1) is 29.0 Å². The van der Waals surface area contributed by atoms with E-state index in [2.05, 4.69) is 21.6 Å². The quantitative estimate of drug-likeness (QED) is 0.177. The molecule has 2 atom stereocenters. The molecule has 1 saturated heterocycles. The molecule has 2 fully saturated rings. The first-order valence-electron chi connectivity index (χ1n) is 15.5. The molecule has 3 heterocycles. The number of imidazole rings is 1. The number of hydrogen-bond donors (Lipinski definition) is 0. The number of amides is 1. The van der Waals surface area contributed by atoms with Gasteiger partial charge in [0, 0.05) is 69.6 Å². The standard InChI is InChI=1S/C34H39N5O5/c1-3-44-30-12-5-7-24(20-30)27-13-14-32-35-33(25-8-4-10-28(19-25)39(41)42)31(38(32)22-27)23-36-15-17-37(18-16-36)34(40)26-9-6-11-29(21-26)43-2/h4-5,7-8,10,12-14,19-20,22,26,29H,3,6,9,11,15-18,21,23H2,1-2H3/t26-,29+/m1/s1. The Morgan fingerprint density at radius 3 is 2.57 bits per heavy atom. The molecular formula is C34H39N5O5. The Balaban J connectivity index is 1.29. The topological polar surface area (TPSA) is 102 Å². The molecule has 1 aliphatic carbocycles. The van der Waals surface area contributed by atoms with E-state index >= 15 is 0 Å². The molecule has 0 unspecified atom stereocenters. The van der Waals surface area contributed by atoms with Crippen LogP contribution in [0.3, 0.4) is 0 Å². The maximum absolute atomic E-state index is 13.4. The van der Waals surface area contributed by atoms with Gasteiger partial charge in [0.2, 0.25) is 5.91 Å². The third-order valence-electron chi connectivity index (χ3n) is 8.89. The molecule has 10 heteroatoms. The molecule has 2 aliphatic rings. The number of pyridine rings is 1. The summed E-state index contributed by atoms with van der Waals surface area (Å²) in [6.45, 7) is 5.98. The second-order valence-electron chi connectivity index (χ2n) is 11.6. The Kier molecular flexibility index (Phi) is 8.90. The highest BCUT2D eigenvalue weighted by Gasteiger charge is 2.32. The highest BCUT2D eigenvalue weighted by molar-refractivity contribution is 5.79. The molecule has 0 spiro atoms. The molecule has 10 nitrogen and oxygen atoms in total. The number of fused-ring (bicyclic) bond motifs is 1. The van der Waals surface area contributed by atoms with Crippen molar-refractivity contribution >= 4 is 17.2 Å². The lowest BCUT2D eigenvalue weighted by Gasteiger charge is -2.38. The van der Waals surface area contributed by atoms with Gasteiger partial charge >= 0.3 is 0 Å². The molecule has 2 aromatic carbocycles. The average molecular weight is 598 g/mol. The summed E-state index contributed by atoms with van der Waals surface area (Å²) in [5.74, 6) is 1.10. The molecule has 1 aliphatic heterocycles. The monoisotopic (exact) mass is 597 g/mol. The molecule has 44 heavy (non-hydrogen) atoms. The summed E-state index contributed by atoms with van der Waals surface area (Å²) >= 11 is 0. The van der Waals surface area contributed by atoms with E-state index in [-0.39, 0.29) is 28.5 Å². The number of nitrogens with zero attached hydrogens (tertiary/aromatic N) is 5. The minimum atomic E-state index is -0.375. The fourth-order valence-electron chi connectivity index (χ4n) is 6.52. The van der Waals surface area contributed by atoms with Crippen LogP contribution in [0.4, 0.5) is 5.69 Å². The Hall–Kier alpha value is -4.28. The summed E-state index contributed by atoms with van der Waals surface area (Å²) in [5.41, 5.74) is 5.23. The normalized spacial score (nSPS) is 19.3. The van der Waals surface area contributed by atoms with Crippen LogP contribution < -0.4 is 4.74 Å². The number of benzene rings is 2. The summed E-state index contributed by atoms with van der Waals surface area (Å²) in [6, 6.07) is 18.7. The van der Waals surface area contributed by atoms with Gasteiger partial charge in [-0.15, -0.1) is 0 Å². The first-order valence-corrected chi connectivity index (χ1v) is 15.5. The number of hydrogen-bond acceptors (Lipinski definition) is 7. The van der Waals surface area contributed by atoms with Crippen molar-refractivity contribution in [3.05, 3.63) is 82.7 Å². The van der Waals surface area contributed by atoms with Crippen molar-refractivity contribution in [3.63, 3.8) is 0 Å². The first-order chi connectivity index (χ1) is 21.4. The van der Waals surface area contributed by atoms with Crippen molar-refractivity contribution in [2.75, 3.05) is 39.9 Å². The predicted molar refractivity (Wildman–Crippen MR) is 168 cm³/mol. The van der Waals surface area contributed by atoms with Gasteiger partial charge in [-0.3, -0.25) is 19.8 Å². The zero-order valence-corrected chi connectivity index (χ0v) is 25.4. The highest BCUT2D eigenvalue weighted by Crippen LogP contribution is 2.32. The molecular weight excluding hydrogens is 558 g/mol. The van der Waals surface area contributed by atoms with Crippen LogP contribution in [0, 0.1) is 16.0 Å². The number of aromatic nitrogens is 2. The van der Waals surface area contributed by atoms with E-state index in [0.717, 1.165) is 72.7 Å². The zero-order valence-electron chi connectivity index (χ0n) is 25.4. The summed E-state index contributed by atoms with van der Waals surface area (Å²) in [5, 5.41) is 11.6. The molecule has 1 saturated carbocycles. The lowest BCUT2D eigenvalue weighted by Crippen LogP contribution is -2.50. The fourth-order valence-corrected chi connectivity index (χ4v) is 6.52. The van der Waals surface area contributed by atoms with E-state index in [1.165, 1.54) is 6.07 Å². The summed E-state index contributed by atoms with van der Waals surface area (Å²) in [7, 11) is 1.74. The fraction of sp³-hybridized carbons (Fsp3) is 0.412. The minimum absolute atomic E-state index is 0.0319. The van der Waals surface area contributed by atoms with Gasteiger partial charge in [-0.25, -0.2) is 4.98 Å². The number of nitro benzene ring substituents is 1. The number of ether oxygens (including phenoxy) is 2. The van der Waals surface area contributed by atoms with Gasteiger partial charge in [0.15, 0.2) is 0 Å². The zero-order chi connectivity index (χ0) is 30.6. The van der Waals surface area contributed by atoms with Crippen molar-refractivity contribution in [3.8, 4) is 28.1 Å². The maximum Gasteiger partial charge on any atom is 0.270 e. The first kappa shape index (κ1) is 29.8. The van der Waals surface area contributed by atoms with Crippen molar-refractivity contribution in [1.82, 2.24) is 19.2 Å². The average Bonchev–Trinajstić information content (AvgIpc) is 3.42. The van der Waals surface area contributed by atoms with Crippen LogP contribution >= 0.6 is 0 Å². The molecule has 0 bridgehead atoms. The summed E-state index contributed by atoms with van der Waals surface area (Å²) < 4.78 is 13.4. The highest BCUT2D eigenvalue weighted by atomic mass is 16.6. The van der Waals surface area contributed by atoms with Crippen molar-refractivity contribution in [2.24, 2.45) is 5.92 Å². The molecule has 0 radical (unpaired) electrons. The van der Waals surface area contributed by atoms with E-state index in [4.69, 9.17) is 14.5 Å². The third kappa shape index (κ3) is 6.32. The van der Waals surface area contributed by atoms with Gasteiger partial charge in [0.1, 0.15) is 11.4 Å². The smallest absolute Gasteiger partial charge is 0.270 e. The molecule has 6 rings (SSSR count). The van der Waals surface area contributed by atoms with Crippen LogP contribution in [0.1, 0.15) is 38.3 Å². The van der Waals surface area contributed by atoms with E-state index in [1.807, 2.05) is 48.2 Å². The number of rotatable bonds is 9. The summed E-state index contributed by atoms with van der Waals surface area (Å²) in [6.07, 6.45) is 6.05. The second-order valence-corrected chi connectivity index (χ2v) is 11.6. The largest absolute Gasteiger partial charge is 0.494 e. The Labute approximate surface area is 257 Å². The lowest BCUT2D eigenvalue weighted by molar-refractivity contribution is -0.384. The van der Waals surface area contributed by atoms with Crippen LogP contribution in [0.25, 0.3) is 28.0 Å². The van der Waals surface area contributed by atoms with Crippen molar-refractivity contribution in [1.29, 1.82) is 0 Å². The SMILES string of the molecule is CCOc1cccc(-c2ccc3nc(-c4cccc([N+](=O)[O-])c4)c(CN4CCN(C(=O)[C@@H]5CCC[C@H](OC)C5)CC4)n3c2)c1. The number of carbonyl (C=O) groups excluding carboxylic acids is 1. The van der Waals surface area contributed by atoms with Crippen LogP contribution in [0.15, 0.2) is 66.9 Å². The van der Waals surface area contributed by atoms with E-state index in [0.29, 0.717) is 31.8 Å². The molecule has 4 aromatic rings. The maximum atomic E-state index is 13.4. The number of piperazine rings is 1. The number of methoxy groups -OCH3 is 1. The van der Waals surface area contributed by atoms with Crippen molar-refractivity contribution < 1.29 is 19.2 Å². The van der Waals surface area contributed by atoms with Gasteiger partial charge in [-0.1, -0.05) is 30.7 Å². The Morgan fingerprint density at radius 1 is 1.00 bits per heavy atom. The molecule has 2 aromatic heterocycles. The van der Waals surface area contributed by atoms with E-state index in [9.17, 15) is 14.9 Å². The predicted octanol–water partition coefficient (Wildman–Crippen LogP) is 5.82. The van der Waals surface area contributed by atoms with Crippen LogP contribution in [-0.4, -0.2) is 76.0 Å². The molecule has 230 valence electrons. The van der Waals surface area contributed by atoms with Crippen LogP contribution in [-0.2, 0) is 16.1 Å². The molecule has 0 N–H and O–H groups in total. The second kappa shape index (κ2) is 13.2. The lowest BCUT2D eigenvalue weighted by atomic mass is 9.86. The number of nitro groups is 1. The van der Waals surface area contributed by atoms with Crippen LogP contribution in [0.5, 0.6) is 5.75 Å². The summed E-state index contributed by atoms with van der Waals surface area (Å²) in [4.78, 5) is 33.9. The van der Waals surface area contributed by atoms with Gasteiger partial charge < -0.3 is 18.8 Å². The van der Waals surface area contributed by atoms with Crippen molar-refractivity contribution in [2.45, 2.75) is 45.3 Å². The third-order valence-corrected chi connectivity index (χ3v) is 8.89. The Morgan fingerprint density at radius 2 is 1.80 bits per heavy atom.